The molecule has 0 N–H and O–H groups in total. The van der Waals surface area contributed by atoms with E-state index in [-0.39, 0.29) is 5.78 Å². The second kappa shape index (κ2) is 9.96. The number of ether oxygens (including phenoxy) is 2. The van der Waals surface area contributed by atoms with Crippen LogP contribution < -0.4 is 18.6 Å². The fourth-order valence-electron chi connectivity index (χ4n) is 3.38. The van der Waals surface area contributed by atoms with Gasteiger partial charge in [0.2, 0.25) is 12.7 Å². The Kier molecular flexibility index (Phi) is 6.65. The van der Waals surface area contributed by atoms with Gasteiger partial charge in [-0.05, 0) is 48.5 Å². The highest BCUT2D eigenvalue weighted by atomic mass is 16.5. The van der Waals surface area contributed by atoms with Crippen LogP contribution in [0.4, 0.5) is 0 Å². The maximum absolute atomic E-state index is 12.8. The zero-order valence-corrected chi connectivity index (χ0v) is 18.4. The van der Waals surface area contributed by atoms with Crippen LogP contribution in [0.2, 0.25) is 0 Å². The van der Waals surface area contributed by atoms with Crippen LogP contribution in [0, 0.1) is 0 Å². The van der Waals surface area contributed by atoms with E-state index in [1.807, 2.05) is 84.9 Å². The van der Waals surface area contributed by atoms with Crippen LogP contribution >= 0.6 is 0 Å². The number of carbonyl (C=O) groups excluding carboxylic acids is 1. The van der Waals surface area contributed by atoms with Crippen LogP contribution in [0.1, 0.15) is 15.9 Å². The zero-order valence-electron chi connectivity index (χ0n) is 18.4. The summed E-state index contributed by atoms with van der Waals surface area (Å²) in [6, 6.07) is 14.5. The highest BCUT2D eigenvalue weighted by Gasteiger charge is 2.10. The first kappa shape index (κ1) is 21.4. The van der Waals surface area contributed by atoms with Gasteiger partial charge >= 0.3 is 0 Å². The Balaban J connectivity index is 1.26. The SMILES string of the molecule is C[n+]1ccn(CCOc2ccc(C(=O)c3ccc(OCCn4cc[n+](C)c4)cc3)cc2)c1. The van der Waals surface area contributed by atoms with Gasteiger partial charge in [-0.3, -0.25) is 4.79 Å². The van der Waals surface area contributed by atoms with Gasteiger partial charge in [-0.25, -0.2) is 18.3 Å². The standard InChI is InChI=1S/C25H28N4O3/c1-26-11-13-28(19-26)15-17-31-23-7-3-21(4-8-23)25(30)22-5-9-24(10-6-22)32-18-16-29-14-12-27(2)20-29/h3-14,19-20H,15-18H2,1-2H3/q+2. The Morgan fingerprint density at radius 3 is 1.47 bits per heavy atom. The maximum atomic E-state index is 12.8. The first-order chi connectivity index (χ1) is 15.6. The van der Waals surface area contributed by atoms with Gasteiger partial charge in [0.05, 0.1) is 14.1 Å². The monoisotopic (exact) mass is 432 g/mol. The quantitative estimate of drug-likeness (QED) is 0.286. The lowest BCUT2D eigenvalue weighted by Crippen LogP contribution is -2.24. The van der Waals surface area contributed by atoms with Crippen molar-refractivity contribution >= 4 is 5.78 Å². The van der Waals surface area contributed by atoms with E-state index in [1.165, 1.54) is 0 Å². The number of ketones is 1. The molecule has 0 bridgehead atoms. The molecule has 2 aromatic heterocycles. The van der Waals surface area contributed by atoms with E-state index in [0.717, 1.165) is 24.6 Å². The molecule has 0 aliphatic heterocycles. The van der Waals surface area contributed by atoms with Crippen LogP contribution in [0.15, 0.2) is 86.0 Å². The molecule has 164 valence electrons. The minimum atomic E-state index is -0.0252. The molecule has 0 atom stereocenters. The molecular formula is C25H28N4O3+2. The smallest absolute Gasteiger partial charge is 0.243 e. The molecule has 4 aromatic rings. The van der Waals surface area contributed by atoms with Crippen molar-refractivity contribution in [3.8, 4) is 11.5 Å². The minimum Gasteiger partial charge on any atom is -0.489 e. The highest BCUT2D eigenvalue weighted by Crippen LogP contribution is 2.18. The van der Waals surface area contributed by atoms with Crippen molar-refractivity contribution in [3.05, 3.63) is 97.1 Å². The number of imidazole rings is 2. The van der Waals surface area contributed by atoms with Crippen molar-refractivity contribution < 1.29 is 23.4 Å². The summed E-state index contributed by atoms with van der Waals surface area (Å²) in [4.78, 5) is 12.8. The Morgan fingerprint density at radius 1 is 0.719 bits per heavy atom. The van der Waals surface area contributed by atoms with Crippen LogP contribution in [0.5, 0.6) is 11.5 Å². The van der Waals surface area contributed by atoms with Crippen LogP contribution in [-0.4, -0.2) is 28.1 Å². The summed E-state index contributed by atoms with van der Waals surface area (Å²) < 4.78 is 19.7. The first-order valence-corrected chi connectivity index (χ1v) is 10.6. The summed E-state index contributed by atoms with van der Waals surface area (Å²) in [6.45, 7) is 2.65. The van der Waals surface area contributed by atoms with Gasteiger partial charge < -0.3 is 9.47 Å². The van der Waals surface area contributed by atoms with E-state index in [2.05, 4.69) is 9.13 Å². The van der Waals surface area contributed by atoms with Gasteiger partial charge in [-0.1, -0.05) is 0 Å². The average Bonchev–Trinajstić information content (AvgIpc) is 3.42. The van der Waals surface area contributed by atoms with Gasteiger partial charge in [-0.15, -0.1) is 0 Å². The van der Waals surface area contributed by atoms with E-state index in [4.69, 9.17) is 9.47 Å². The molecule has 2 aromatic carbocycles. The molecule has 0 fully saturated rings. The van der Waals surface area contributed by atoms with Crippen molar-refractivity contribution in [1.29, 1.82) is 0 Å². The summed E-state index contributed by atoms with van der Waals surface area (Å²) in [7, 11) is 3.97. The molecule has 0 radical (unpaired) electrons. The molecule has 0 amide bonds. The van der Waals surface area contributed by atoms with Gasteiger partial charge in [0.25, 0.3) is 0 Å². The normalized spacial score (nSPS) is 10.8. The number of rotatable bonds is 10. The van der Waals surface area contributed by atoms with Crippen LogP contribution in [0.25, 0.3) is 0 Å². The predicted molar refractivity (Wildman–Crippen MR) is 119 cm³/mol. The Morgan fingerprint density at radius 2 is 1.12 bits per heavy atom. The molecule has 4 rings (SSSR count). The van der Waals surface area contributed by atoms with E-state index >= 15 is 0 Å². The Bertz CT molecular complexity index is 1070. The molecular weight excluding hydrogens is 404 g/mol. The Labute approximate surface area is 187 Å². The summed E-state index contributed by atoms with van der Waals surface area (Å²) in [5.74, 6) is 1.47. The molecule has 7 nitrogen and oxygen atoms in total. The van der Waals surface area contributed by atoms with Gasteiger partial charge in [0.1, 0.15) is 62.6 Å². The molecule has 0 saturated carbocycles. The topological polar surface area (TPSA) is 53.2 Å². The first-order valence-electron chi connectivity index (χ1n) is 10.6. The second-order valence-corrected chi connectivity index (χ2v) is 7.71. The lowest BCUT2D eigenvalue weighted by atomic mass is 10.0. The number of nitrogens with zero attached hydrogens (tertiary/aromatic N) is 4. The predicted octanol–water partition coefficient (Wildman–Crippen LogP) is 2.33. The van der Waals surface area contributed by atoms with E-state index < -0.39 is 0 Å². The van der Waals surface area contributed by atoms with Crippen molar-refractivity contribution in [2.75, 3.05) is 13.2 Å². The van der Waals surface area contributed by atoms with Gasteiger partial charge in [-0.2, -0.15) is 0 Å². The molecule has 0 aliphatic rings. The molecule has 7 heteroatoms. The third kappa shape index (κ3) is 5.63. The largest absolute Gasteiger partial charge is 0.489 e. The number of benzene rings is 2. The zero-order chi connectivity index (χ0) is 22.3. The molecule has 0 aliphatic carbocycles. The summed E-state index contributed by atoms with van der Waals surface area (Å²) in [5, 5.41) is 0. The third-order valence-electron chi connectivity index (χ3n) is 5.12. The van der Waals surface area contributed by atoms with Gasteiger partial charge in [0, 0.05) is 11.1 Å². The fraction of sp³-hybridized carbons (Fsp3) is 0.240. The number of aromatic nitrogens is 4. The van der Waals surface area contributed by atoms with Crippen LogP contribution in [-0.2, 0) is 27.2 Å². The van der Waals surface area contributed by atoms with Crippen molar-refractivity contribution in [2.45, 2.75) is 13.1 Å². The summed E-state index contributed by atoms with van der Waals surface area (Å²) in [6.07, 6.45) is 12.0. The highest BCUT2D eigenvalue weighted by molar-refractivity contribution is 6.09. The number of hydrogen-bond acceptors (Lipinski definition) is 3. The van der Waals surface area contributed by atoms with E-state index in [1.54, 1.807) is 24.3 Å². The van der Waals surface area contributed by atoms with E-state index in [0.29, 0.717) is 24.3 Å². The fourth-order valence-corrected chi connectivity index (χ4v) is 3.38. The lowest BCUT2D eigenvalue weighted by Gasteiger charge is -2.07. The maximum Gasteiger partial charge on any atom is 0.243 e. The van der Waals surface area contributed by atoms with Crippen LogP contribution in [0.3, 0.4) is 0 Å². The van der Waals surface area contributed by atoms with E-state index in [9.17, 15) is 4.79 Å². The van der Waals surface area contributed by atoms with Crippen molar-refractivity contribution in [3.63, 3.8) is 0 Å². The average molecular weight is 433 g/mol. The summed E-state index contributed by atoms with van der Waals surface area (Å²) >= 11 is 0. The van der Waals surface area contributed by atoms with Gasteiger partial charge in [0.15, 0.2) is 5.78 Å². The molecule has 0 unspecified atom stereocenters. The molecule has 0 saturated heterocycles. The molecule has 2 heterocycles. The lowest BCUT2D eigenvalue weighted by molar-refractivity contribution is -0.671. The van der Waals surface area contributed by atoms with Crippen molar-refractivity contribution in [2.24, 2.45) is 14.1 Å². The minimum absolute atomic E-state index is 0.0252. The number of aryl methyl sites for hydroxylation is 2. The second-order valence-electron chi connectivity index (χ2n) is 7.71. The third-order valence-corrected chi connectivity index (χ3v) is 5.12. The molecule has 0 spiro atoms. The summed E-state index contributed by atoms with van der Waals surface area (Å²) in [5.41, 5.74) is 1.26. The number of carbonyl (C=O) groups is 1. The molecule has 32 heavy (non-hydrogen) atoms. The van der Waals surface area contributed by atoms with Crippen molar-refractivity contribution in [1.82, 2.24) is 9.13 Å². The Hall–Kier alpha value is -3.87. The number of hydrogen-bond donors (Lipinski definition) is 0.